The van der Waals surface area contributed by atoms with Gasteiger partial charge in [-0.15, -0.1) is 0 Å². The predicted octanol–water partition coefficient (Wildman–Crippen LogP) is 3.41. The van der Waals surface area contributed by atoms with Gasteiger partial charge in [-0.05, 0) is 31.7 Å². The summed E-state index contributed by atoms with van der Waals surface area (Å²) in [5.41, 5.74) is 1.24. The van der Waals surface area contributed by atoms with E-state index in [0.717, 1.165) is 19.3 Å². The molecule has 0 saturated heterocycles. The van der Waals surface area contributed by atoms with E-state index < -0.39 is 13.3 Å². The highest BCUT2D eigenvalue weighted by Crippen LogP contribution is 2.47. The Morgan fingerprint density at radius 3 is 2.53 bits per heavy atom. The lowest BCUT2D eigenvalue weighted by molar-refractivity contribution is -0.134. The molecular weight excluding hydrogens is 263 g/mol. The second kappa shape index (κ2) is 8.13. The lowest BCUT2D eigenvalue weighted by atomic mass is 10.1. The molecule has 0 aliphatic carbocycles. The smallest absolute Gasteiger partial charge is 0.313 e. The number of carboxylic acid groups (broad SMARTS) is 1. The minimum atomic E-state index is -3.00. The summed E-state index contributed by atoms with van der Waals surface area (Å²) >= 11 is 0. The molecule has 1 N–H and O–H groups in total. The Morgan fingerprint density at radius 1 is 1.26 bits per heavy atom. The minimum Gasteiger partial charge on any atom is -0.481 e. The second-order valence-electron chi connectivity index (χ2n) is 4.45. The molecule has 0 radical (unpaired) electrons. The maximum Gasteiger partial charge on any atom is 0.313 e. The summed E-state index contributed by atoms with van der Waals surface area (Å²) in [4.78, 5) is 10.7. The topological polar surface area (TPSA) is 63.6 Å². The van der Waals surface area contributed by atoms with Crippen LogP contribution >= 0.6 is 7.37 Å². The van der Waals surface area contributed by atoms with Crippen LogP contribution in [0, 0.1) is 0 Å². The van der Waals surface area contributed by atoms with Gasteiger partial charge >= 0.3 is 5.97 Å². The van der Waals surface area contributed by atoms with Crippen molar-refractivity contribution in [3.63, 3.8) is 0 Å². The van der Waals surface area contributed by atoms with Gasteiger partial charge in [0.15, 0.2) is 0 Å². The first-order valence-corrected chi connectivity index (χ1v) is 8.53. The third-order valence-corrected chi connectivity index (χ3v) is 5.28. The van der Waals surface area contributed by atoms with E-state index in [-0.39, 0.29) is 6.16 Å². The molecule has 0 amide bonds. The summed E-state index contributed by atoms with van der Waals surface area (Å²) in [6.07, 6.45) is 2.51. The van der Waals surface area contributed by atoms with E-state index in [1.807, 2.05) is 18.2 Å². The molecule has 0 aliphatic rings. The maximum atomic E-state index is 12.2. The van der Waals surface area contributed by atoms with E-state index in [1.54, 1.807) is 6.92 Å². The van der Waals surface area contributed by atoms with E-state index in [1.165, 1.54) is 5.56 Å². The van der Waals surface area contributed by atoms with Crippen LogP contribution in [0.15, 0.2) is 30.3 Å². The van der Waals surface area contributed by atoms with Crippen LogP contribution < -0.4 is 0 Å². The monoisotopic (exact) mass is 284 g/mol. The SMILES string of the molecule is CCO[P@@](=O)(CCCCc1ccccc1)CC(=O)O. The van der Waals surface area contributed by atoms with E-state index in [9.17, 15) is 9.36 Å². The van der Waals surface area contributed by atoms with E-state index >= 15 is 0 Å². The summed E-state index contributed by atoms with van der Waals surface area (Å²) in [6, 6.07) is 10.1. The molecule has 0 heterocycles. The molecule has 1 aromatic rings. The minimum absolute atomic E-state index is 0.295. The Hall–Kier alpha value is -1.12. The number of aryl methyl sites for hydroxylation is 1. The van der Waals surface area contributed by atoms with Crippen LogP contribution in [0.4, 0.5) is 0 Å². The number of rotatable bonds is 9. The van der Waals surface area contributed by atoms with Crippen LogP contribution in [0.3, 0.4) is 0 Å². The maximum absolute atomic E-state index is 12.2. The van der Waals surface area contributed by atoms with Gasteiger partial charge in [-0.25, -0.2) is 0 Å². The van der Waals surface area contributed by atoms with Crippen LogP contribution in [0.25, 0.3) is 0 Å². The van der Waals surface area contributed by atoms with Gasteiger partial charge in [-0.1, -0.05) is 30.3 Å². The van der Waals surface area contributed by atoms with E-state index in [2.05, 4.69) is 12.1 Å². The predicted molar refractivity (Wildman–Crippen MR) is 76.0 cm³/mol. The Kier molecular flexibility index (Phi) is 6.82. The molecule has 0 bridgehead atoms. The first-order valence-electron chi connectivity index (χ1n) is 6.54. The number of carbonyl (C=O) groups is 1. The highest BCUT2D eigenvalue weighted by molar-refractivity contribution is 7.59. The third-order valence-electron chi connectivity index (χ3n) is 2.80. The molecule has 0 aliphatic heterocycles. The van der Waals surface area contributed by atoms with Gasteiger partial charge in [0.05, 0.1) is 6.61 Å². The molecule has 0 spiro atoms. The van der Waals surface area contributed by atoms with Gasteiger partial charge < -0.3 is 9.63 Å². The van der Waals surface area contributed by atoms with Crippen molar-refractivity contribution in [2.45, 2.75) is 26.2 Å². The molecule has 19 heavy (non-hydrogen) atoms. The lowest BCUT2D eigenvalue weighted by Gasteiger charge is -2.15. The van der Waals surface area contributed by atoms with Crippen molar-refractivity contribution in [1.82, 2.24) is 0 Å². The Morgan fingerprint density at radius 2 is 1.95 bits per heavy atom. The Labute approximate surface area is 114 Å². The molecule has 4 nitrogen and oxygen atoms in total. The zero-order valence-electron chi connectivity index (χ0n) is 11.2. The second-order valence-corrected chi connectivity index (χ2v) is 7.10. The zero-order valence-corrected chi connectivity index (χ0v) is 12.1. The fourth-order valence-electron chi connectivity index (χ4n) is 1.96. The summed E-state index contributed by atoms with van der Waals surface area (Å²) in [6.45, 7) is 2.03. The van der Waals surface area contributed by atoms with Crippen LogP contribution in [0.2, 0.25) is 0 Å². The first-order chi connectivity index (χ1) is 9.06. The van der Waals surface area contributed by atoms with Crippen LogP contribution in [0.5, 0.6) is 0 Å². The average molecular weight is 284 g/mol. The normalized spacial score (nSPS) is 13.9. The van der Waals surface area contributed by atoms with Gasteiger partial charge in [0.2, 0.25) is 7.37 Å². The molecule has 0 unspecified atom stereocenters. The number of carboxylic acids is 1. The molecular formula is C14H21O4P. The van der Waals surface area contributed by atoms with Crippen molar-refractivity contribution in [2.75, 3.05) is 18.9 Å². The number of hydrogen-bond acceptors (Lipinski definition) is 3. The summed E-state index contributed by atoms with van der Waals surface area (Å²) in [7, 11) is -3.00. The first kappa shape index (κ1) is 15.9. The zero-order chi connectivity index (χ0) is 14.1. The molecule has 106 valence electrons. The highest BCUT2D eigenvalue weighted by Gasteiger charge is 2.25. The van der Waals surface area contributed by atoms with Gasteiger partial charge in [0.1, 0.15) is 6.16 Å². The fourth-order valence-corrected chi connectivity index (χ4v) is 3.92. The average Bonchev–Trinajstić information content (AvgIpc) is 2.35. The third kappa shape index (κ3) is 6.55. The highest BCUT2D eigenvalue weighted by atomic mass is 31.2. The van der Waals surface area contributed by atoms with Gasteiger partial charge in [0.25, 0.3) is 0 Å². The number of aliphatic carboxylic acids is 1. The van der Waals surface area contributed by atoms with Crippen LogP contribution in [0.1, 0.15) is 25.3 Å². The van der Waals surface area contributed by atoms with E-state index in [4.69, 9.17) is 9.63 Å². The fraction of sp³-hybridized carbons (Fsp3) is 0.500. The Balaban J connectivity index is 2.36. The molecule has 5 heteroatoms. The summed E-state index contributed by atoms with van der Waals surface area (Å²) in [5.74, 6) is -1.06. The van der Waals surface area contributed by atoms with Gasteiger partial charge in [-0.3, -0.25) is 9.36 Å². The summed E-state index contributed by atoms with van der Waals surface area (Å²) in [5, 5.41) is 8.76. The van der Waals surface area contributed by atoms with Crippen molar-refractivity contribution in [3.8, 4) is 0 Å². The molecule has 0 fully saturated rings. The van der Waals surface area contributed by atoms with Crippen LogP contribution in [-0.4, -0.2) is 30.0 Å². The lowest BCUT2D eigenvalue weighted by Crippen LogP contribution is -2.09. The van der Waals surface area contributed by atoms with Crippen molar-refractivity contribution in [1.29, 1.82) is 0 Å². The number of benzene rings is 1. The van der Waals surface area contributed by atoms with Crippen molar-refractivity contribution < 1.29 is 19.0 Å². The quantitative estimate of drug-likeness (QED) is 0.557. The Bertz CT molecular complexity index is 430. The summed E-state index contributed by atoms with van der Waals surface area (Å²) < 4.78 is 17.4. The number of unbranched alkanes of at least 4 members (excludes halogenated alkanes) is 1. The molecule has 0 saturated carbocycles. The number of hydrogen-bond donors (Lipinski definition) is 1. The van der Waals surface area contributed by atoms with Gasteiger partial charge in [0, 0.05) is 6.16 Å². The molecule has 0 aromatic heterocycles. The molecule has 1 atom stereocenters. The van der Waals surface area contributed by atoms with Crippen molar-refractivity contribution in [2.24, 2.45) is 0 Å². The molecule has 1 rings (SSSR count). The van der Waals surface area contributed by atoms with Crippen molar-refractivity contribution >= 4 is 13.3 Å². The standard InChI is InChI=1S/C14H21O4P/c1-2-18-19(17,12-14(15)16)11-7-6-10-13-8-4-3-5-9-13/h3-5,8-9H,2,6-7,10-12H2,1H3,(H,15,16)/t19-/m0/s1. The van der Waals surface area contributed by atoms with Crippen molar-refractivity contribution in [3.05, 3.63) is 35.9 Å². The largest absolute Gasteiger partial charge is 0.481 e. The van der Waals surface area contributed by atoms with Gasteiger partial charge in [-0.2, -0.15) is 0 Å². The molecule has 1 aromatic carbocycles. The van der Waals surface area contributed by atoms with E-state index in [0.29, 0.717) is 12.8 Å². The van der Waals surface area contributed by atoms with Crippen LogP contribution in [-0.2, 0) is 20.3 Å².